The molecule has 22 heavy (non-hydrogen) atoms. The highest BCUT2D eigenvalue weighted by molar-refractivity contribution is 5.73. The summed E-state index contributed by atoms with van der Waals surface area (Å²) in [5.41, 5.74) is 16.7. The zero-order chi connectivity index (χ0) is 17.0. The molecule has 0 aliphatic rings. The van der Waals surface area contributed by atoms with Gasteiger partial charge in [0.2, 0.25) is 0 Å². The van der Waals surface area contributed by atoms with Crippen LogP contribution in [0.15, 0.2) is 30.3 Å². The Kier molecular flexibility index (Phi) is 10.6. The SMILES string of the molecule is NC(Cc1ccccc1)C(=O)O.NCCCCC(N)C(=O)O. The molecule has 1 rings (SSSR count). The van der Waals surface area contributed by atoms with Gasteiger partial charge in [0.1, 0.15) is 12.1 Å². The van der Waals surface area contributed by atoms with Crippen molar-refractivity contribution in [1.82, 2.24) is 0 Å². The van der Waals surface area contributed by atoms with Gasteiger partial charge in [-0.1, -0.05) is 36.8 Å². The highest BCUT2D eigenvalue weighted by Gasteiger charge is 2.11. The Bertz CT molecular complexity index is 440. The summed E-state index contributed by atoms with van der Waals surface area (Å²) in [5.74, 6) is -1.89. The van der Waals surface area contributed by atoms with Crippen LogP contribution in [0.2, 0.25) is 0 Å². The van der Waals surface area contributed by atoms with Crippen LogP contribution in [0.25, 0.3) is 0 Å². The van der Waals surface area contributed by atoms with Crippen molar-refractivity contribution in [2.24, 2.45) is 17.2 Å². The van der Waals surface area contributed by atoms with Crippen LogP contribution in [-0.2, 0) is 16.0 Å². The predicted octanol–water partition coefficient (Wildman–Crippen LogP) is 0.168. The van der Waals surface area contributed by atoms with Gasteiger partial charge in [0.15, 0.2) is 0 Å². The maximum Gasteiger partial charge on any atom is 0.320 e. The molecule has 1 aromatic rings. The Morgan fingerprint density at radius 2 is 1.50 bits per heavy atom. The fraction of sp³-hybridized carbons (Fsp3) is 0.467. The number of aliphatic carboxylic acids is 2. The van der Waals surface area contributed by atoms with E-state index in [-0.39, 0.29) is 0 Å². The van der Waals surface area contributed by atoms with Crippen LogP contribution >= 0.6 is 0 Å². The minimum atomic E-state index is -0.959. The third kappa shape index (κ3) is 9.87. The fourth-order valence-corrected chi connectivity index (χ4v) is 1.59. The molecule has 0 radical (unpaired) electrons. The van der Waals surface area contributed by atoms with Crippen LogP contribution in [0, 0.1) is 0 Å². The van der Waals surface area contributed by atoms with Crippen LogP contribution in [0.1, 0.15) is 24.8 Å². The lowest BCUT2D eigenvalue weighted by atomic mass is 10.1. The van der Waals surface area contributed by atoms with Gasteiger partial charge in [0.25, 0.3) is 0 Å². The molecule has 0 saturated heterocycles. The van der Waals surface area contributed by atoms with Crippen molar-refractivity contribution in [2.45, 2.75) is 37.8 Å². The topological polar surface area (TPSA) is 153 Å². The number of rotatable bonds is 8. The van der Waals surface area contributed by atoms with Gasteiger partial charge in [-0.2, -0.15) is 0 Å². The number of carboxylic acid groups (broad SMARTS) is 2. The first kappa shape index (κ1) is 20.0. The summed E-state index contributed by atoms with van der Waals surface area (Å²) in [6.45, 7) is 0.604. The van der Waals surface area contributed by atoms with E-state index in [2.05, 4.69) is 0 Å². The van der Waals surface area contributed by atoms with Crippen molar-refractivity contribution in [1.29, 1.82) is 0 Å². The average molecular weight is 311 g/mol. The van der Waals surface area contributed by atoms with Gasteiger partial charge in [0.05, 0.1) is 0 Å². The Hall–Kier alpha value is -1.96. The number of hydrogen-bond donors (Lipinski definition) is 5. The van der Waals surface area contributed by atoms with E-state index in [4.69, 9.17) is 27.4 Å². The van der Waals surface area contributed by atoms with Gasteiger partial charge in [-0.25, -0.2) is 0 Å². The van der Waals surface area contributed by atoms with E-state index in [1.54, 1.807) is 0 Å². The lowest BCUT2D eigenvalue weighted by molar-refractivity contribution is -0.139. The van der Waals surface area contributed by atoms with Gasteiger partial charge >= 0.3 is 11.9 Å². The van der Waals surface area contributed by atoms with Crippen LogP contribution in [-0.4, -0.2) is 40.8 Å². The summed E-state index contributed by atoms with van der Waals surface area (Å²) in [6.07, 6.45) is 2.55. The predicted molar refractivity (Wildman–Crippen MR) is 84.3 cm³/mol. The highest BCUT2D eigenvalue weighted by Crippen LogP contribution is 2.01. The monoisotopic (exact) mass is 311 g/mol. The first-order chi connectivity index (χ1) is 10.4. The van der Waals surface area contributed by atoms with E-state index in [1.807, 2.05) is 30.3 Å². The first-order valence-electron chi connectivity index (χ1n) is 7.09. The minimum Gasteiger partial charge on any atom is -0.480 e. The second-order valence-corrected chi connectivity index (χ2v) is 4.86. The maximum absolute atomic E-state index is 10.4. The summed E-state index contributed by atoms with van der Waals surface area (Å²) in [5, 5.41) is 16.8. The number of unbranched alkanes of at least 4 members (excludes halogenated alkanes) is 1. The number of benzene rings is 1. The zero-order valence-electron chi connectivity index (χ0n) is 12.5. The van der Waals surface area contributed by atoms with Crippen LogP contribution in [0.3, 0.4) is 0 Å². The molecule has 7 nitrogen and oxygen atoms in total. The highest BCUT2D eigenvalue weighted by atomic mass is 16.4. The Balaban J connectivity index is 0.000000409. The van der Waals surface area contributed by atoms with E-state index < -0.39 is 24.0 Å². The van der Waals surface area contributed by atoms with Crippen LogP contribution < -0.4 is 17.2 Å². The summed E-state index contributed by atoms with van der Waals surface area (Å²) >= 11 is 0. The number of hydrogen-bond acceptors (Lipinski definition) is 5. The van der Waals surface area contributed by atoms with Crippen molar-refractivity contribution >= 4 is 11.9 Å². The van der Waals surface area contributed by atoms with Gasteiger partial charge < -0.3 is 27.4 Å². The second kappa shape index (κ2) is 11.7. The molecule has 7 heteroatoms. The lowest BCUT2D eigenvalue weighted by Crippen LogP contribution is -2.32. The summed E-state index contributed by atoms with van der Waals surface area (Å²) in [7, 11) is 0. The Morgan fingerprint density at radius 3 is 1.95 bits per heavy atom. The quantitative estimate of drug-likeness (QED) is 0.429. The Morgan fingerprint density at radius 1 is 0.955 bits per heavy atom. The molecule has 0 bridgehead atoms. The molecule has 0 aliphatic carbocycles. The molecule has 2 unspecified atom stereocenters. The fourth-order valence-electron chi connectivity index (χ4n) is 1.59. The molecule has 1 aromatic carbocycles. The van der Waals surface area contributed by atoms with Gasteiger partial charge in [-0.3, -0.25) is 9.59 Å². The summed E-state index contributed by atoms with van der Waals surface area (Å²) in [4.78, 5) is 20.5. The van der Waals surface area contributed by atoms with Crippen molar-refractivity contribution in [3.8, 4) is 0 Å². The molecule has 0 saturated carbocycles. The van der Waals surface area contributed by atoms with E-state index in [0.29, 0.717) is 19.4 Å². The van der Waals surface area contributed by atoms with Crippen molar-refractivity contribution in [2.75, 3.05) is 6.54 Å². The third-order valence-electron chi connectivity index (χ3n) is 2.90. The molecule has 0 fully saturated rings. The Labute approximate surface area is 130 Å². The zero-order valence-corrected chi connectivity index (χ0v) is 12.5. The largest absolute Gasteiger partial charge is 0.480 e. The minimum absolute atomic E-state index is 0.385. The molecule has 0 heterocycles. The number of carbonyl (C=O) groups is 2. The molecule has 0 aliphatic heterocycles. The van der Waals surface area contributed by atoms with E-state index in [1.165, 1.54) is 0 Å². The molecule has 0 aromatic heterocycles. The van der Waals surface area contributed by atoms with Gasteiger partial charge in [-0.05, 0) is 31.4 Å². The van der Waals surface area contributed by atoms with E-state index in [9.17, 15) is 9.59 Å². The summed E-state index contributed by atoms with van der Waals surface area (Å²) < 4.78 is 0. The maximum atomic E-state index is 10.4. The van der Waals surface area contributed by atoms with E-state index in [0.717, 1.165) is 18.4 Å². The lowest BCUT2D eigenvalue weighted by Gasteiger charge is -2.04. The molecule has 0 spiro atoms. The number of nitrogens with two attached hydrogens (primary N) is 3. The smallest absolute Gasteiger partial charge is 0.320 e. The number of carboxylic acids is 2. The third-order valence-corrected chi connectivity index (χ3v) is 2.90. The molecule has 124 valence electrons. The van der Waals surface area contributed by atoms with Crippen LogP contribution in [0.5, 0.6) is 0 Å². The van der Waals surface area contributed by atoms with Crippen molar-refractivity contribution < 1.29 is 19.8 Å². The average Bonchev–Trinajstić information content (AvgIpc) is 2.48. The first-order valence-corrected chi connectivity index (χ1v) is 7.09. The standard InChI is InChI=1S/C9H11NO2.C6H14N2O2/c10-8(9(11)12)6-7-4-2-1-3-5-7;7-4-2-1-3-5(8)6(9)10/h1-5,8H,6,10H2,(H,11,12);5H,1-4,7-8H2,(H,9,10). The molecular weight excluding hydrogens is 286 g/mol. The summed E-state index contributed by atoms with van der Waals surface area (Å²) in [6, 6.07) is 7.83. The molecular formula is C15H25N3O4. The molecule has 2 atom stereocenters. The van der Waals surface area contributed by atoms with Gasteiger partial charge in [-0.15, -0.1) is 0 Å². The van der Waals surface area contributed by atoms with Crippen LogP contribution in [0.4, 0.5) is 0 Å². The van der Waals surface area contributed by atoms with Gasteiger partial charge in [0, 0.05) is 0 Å². The second-order valence-electron chi connectivity index (χ2n) is 4.86. The van der Waals surface area contributed by atoms with E-state index >= 15 is 0 Å². The van der Waals surface area contributed by atoms with Crippen molar-refractivity contribution in [3.63, 3.8) is 0 Å². The normalized spacial score (nSPS) is 12.7. The van der Waals surface area contributed by atoms with Crippen molar-refractivity contribution in [3.05, 3.63) is 35.9 Å². The molecule has 8 N–H and O–H groups in total. The molecule has 0 amide bonds.